The van der Waals surface area contributed by atoms with Crippen molar-refractivity contribution in [3.63, 3.8) is 0 Å². The lowest BCUT2D eigenvalue weighted by Gasteiger charge is -2.06. The van der Waals surface area contributed by atoms with Crippen molar-refractivity contribution in [2.24, 2.45) is 0 Å². The van der Waals surface area contributed by atoms with Gasteiger partial charge in [0.25, 0.3) is 0 Å². The van der Waals surface area contributed by atoms with Crippen molar-refractivity contribution in [3.05, 3.63) is 51.8 Å². The molecule has 0 unspecified atom stereocenters. The van der Waals surface area contributed by atoms with Crippen molar-refractivity contribution in [1.82, 2.24) is 9.97 Å². The highest BCUT2D eigenvalue weighted by Gasteiger charge is 2.07. The molecule has 1 aromatic heterocycles. The third-order valence-electron chi connectivity index (χ3n) is 2.54. The highest BCUT2D eigenvalue weighted by molar-refractivity contribution is 6.34. The SMILES string of the molecule is CCOC(=O)c1cnc(NCc2cc(Cl)cc(Cl)c2)nc1. The van der Waals surface area contributed by atoms with Gasteiger partial charge in [0.05, 0.1) is 12.2 Å². The standard InChI is InChI=1S/C14H13Cl2N3O2/c1-2-21-13(20)10-7-18-14(19-8-10)17-6-9-3-11(15)5-12(16)4-9/h3-5,7-8H,2,6H2,1H3,(H,17,18,19). The van der Waals surface area contributed by atoms with Crippen LogP contribution in [0.15, 0.2) is 30.6 Å². The molecule has 5 nitrogen and oxygen atoms in total. The van der Waals surface area contributed by atoms with Crippen molar-refractivity contribution < 1.29 is 9.53 Å². The maximum absolute atomic E-state index is 11.5. The van der Waals surface area contributed by atoms with Gasteiger partial charge in [-0.2, -0.15) is 0 Å². The second-order valence-electron chi connectivity index (χ2n) is 4.15. The summed E-state index contributed by atoms with van der Waals surface area (Å²) in [6.45, 7) is 2.53. The number of nitrogens with one attached hydrogen (secondary N) is 1. The molecule has 0 radical (unpaired) electrons. The van der Waals surface area contributed by atoms with Crippen LogP contribution in [0.3, 0.4) is 0 Å². The summed E-state index contributed by atoms with van der Waals surface area (Å²) in [7, 11) is 0. The fourth-order valence-electron chi connectivity index (χ4n) is 1.63. The number of hydrogen-bond donors (Lipinski definition) is 1. The van der Waals surface area contributed by atoms with Gasteiger partial charge in [-0.05, 0) is 30.7 Å². The largest absolute Gasteiger partial charge is 0.462 e. The summed E-state index contributed by atoms with van der Waals surface area (Å²) in [6, 6.07) is 5.26. The van der Waals surface area contributed by atoms with E-state index in [4.69, 9.17) is 27.9 Å². The van der Waals surface area contributed by atoms with Gasteiger partial charge in [0.15, 0.2) is 0 Å². The Morgan fingerprint density at radius 1 is 1.19 bits per heavy atom. The lowest BCUT2D eigenvalue weighted by molar-refractivity contribution is 0.0525. The Bertz CT molecular complexity index is 612. The molecule has 1 heterocycles. The van der Waals surface area contributed by atoms with E-state index < -0.39 is 5.97 Å². The summed E-state index contributed by atoms with van der Waals surface area (Å²) in [5, 5.41) is 4.16. The molecule has 0 saturated heterocycles. The average molecular weight is 326 g/mol. The molecule has 110 valence electrons. The molecular weight excluding hydrogens is 313 g/mol. The van der Waals surface area contributed by atoms with Gasteiger partial charge in [0.2, 0.25) is 5.95 Å². The van der Waals surface area contributed by atoms with Crippen molar-refractivity contribution in [2.75, 3.05) is 11.9 Å². The third-order valence-corrected chi connectivity index (χ3v) is 2.97. The quantitative estimate of drug-likeness (QED) is 0.851. The molecule has 1 N–H and O–H groups in total. The lowest BCUT2D eigenvalue weighted by atomic mass is 10.2. The Kier molecular flexibility index (Phi) is 5.36. The van der Waals surface area contributed by atoms with Crippen LogP contribution in [0.1, 0.15) is 22.8 Å². The summed E-state index contributed by atoms with van der Waals surface area (Å²) in [4.78, 5) is 19.6. The lowest BCUT2D eigenvalue weighted by Crippen LogP contribution is -2.08. The smallest absolute Gasteiger partial charge is 0.341 e. The molecule has 7 heteroatoms. The molecule has 1 aromatic carbocycles. The van der Waals surface area contributed by atoms with Gasteiger partial charge in [0.1, 0.15) is 0 Å². The van der Waals surface area contributed by atoms with E-state index in [1.165, 1.54) is 12.4 Å². The normalized spacial score (nSPS) is 10.2. The molecule has 0 spiro atoms. The number of nitrogens with zero attached hydrogens (tertiary/aromatic N) is 2. The second-order valence-corrected chi connectivity index (χ2v) is 5.02. The van der Waals surface area contributed by atoms with Crippen LogP contribution in [0.25, 0.3) is 0 Å². The van der Waals surface area contributed by atoms with E-state index in [1.54, 1.807) is 25.1 Å². The van der Waals surface area contributed by atoms with Crippen LogP contribution in [0.2, 0.25) is 10.0 Å². The number of anilines is 1. The van der Waals surface area contributed by atoms with Crippen LogP contribution in [-0.4, -0.2) is 22.5 Å². The Hall–Kier alpha value is -1.85. The summed E-state index contributed by atoms with van der Waals surface area (Å²) < 4.78 is 4.85. The predicted octanol–water partition coefficient (Wildman–Crippen LogP) is 3.57. The second kappa shape index (κ2) is 7.24. The van der Waals surface area contributed by atoms with Gasteiger partial charge >= 0.3 is 5.97 Å². The number of ether oxygens (including phenoxy) is 1. The van der Waals surface area contributed by atoms with Gasteiger partial charge < -0.3 is 10.1 Å². The van der Waals surface area contributed by atoms with Crippen molar-refractivity contribution >= 4 is 35.1 Å². The monoisotopic (exact) mass is 325 g/mol. The molecule has 0 aliphatic rings. The molecular formula is C14H13Cl2N3O2. The summed E-state index contributed by atoms with van der Waals surface area (Å²) in [5.41, 5.74) is 1.22. The van der Waals surface area contributed by atoms with Gasteiger partial charge in [-0.3, -0.25) is 0 Å². The zero-order valence-electron chi connectivity index (χ0n) is 11.3. The number of halogens is 2. The van der Waals surface area contributed by atoms with Crippen molar-refractivity contribution in [2.45, 2.75) is 13.5 Å². The van der Waals surface area contributed by atoms with Crippen LogP contribution in [0, 0.1) is 0 Å². The topological polar surface area (TPSA) is 64.1 Å². The highest BCUT2D eigenvalue weighted by atomic mass is 35.5. The first-order valence-electron chi connectivity index (χ1n) is 6.26. The zero-order chi connectivity index (χ0) is 15.2. The molecule has 0 saturated carbocycles. The zero-order valence-corrected chi connectivity index (χ0v) is 12.8. The molecule has 0 bridgehead atoms. The molecule has 2 aromatic rings. The molecule has 0 aliphatic heterocycles. The molecule has 2 rings (SSSR count). The van der Waals surface area contributed by atoms with E-state index >= 15 is 0 Å². The van der Waals surface area contributed by atoms with Gasteiger partial charge in [-0.15, -0.1) is 0 Å². The first-order valence-corrected chi connectivity index (χ1v) is 7.02. The van der Waals surface area contributed by atoms with E-state index in [0.29, 0.717) is 34.7 Å². The van der Waals surface area contributed by atoms with Crippen LogP contribution in [0.5, 0.6) is 0 Å². The Morgan fingerprint density at radius 2 is 1.81 bits per heavy atom. The number of aromatic nitrogens is 2. The molecule has 0 amide bonds. The number of carbonyl (C=O) groups excluding carboxylic acids is 1. The molecule has 0 atom stereocenters. The van der Waals surface area contributed by atoms with Gasteiger partial charge in [-0.25, -0.2) is 14.8 Å². The number of rotatable bonds is 5. The van der Waals surface area contributed by atoms with Crippen molar-refractivity contribution in [1.29, 1.82) is 0 Å². The predicted molar refractivity (Wildman–Crippen MR) is 81.8 cm³/mol. The third kappa shape index (κ3) is 4.58. The fraction of sp³-hybridized carbons (Fsp3) is 0.214. The minimum atomic E-state index is -0.439. The molecule has 21 heavy (non-hydrogen) atoms. The summed E-state index contributed by atoms with van der Waals surface area (Å²) in [5.74, 6) is -0.0372. The maximum Gasteiger partial charge on any atom is 0.341 e. The van der Waals surface area contributed by atoms with E-state index in [1.807, 2.05) is 0 Å². The van der Waals surface area contributed by atoms with E-state index in [0.717, 1.165) is 5.56 Å². The Morgan fingerprint density at radius 3 is 2.38 bits per heavy atom. The summed E-state index contributed by atoms with van der Waals surface area (Å²) >= 11 is 11.8. The first kappa shape index (κ1) is 15.5. The number of hydrogen-bond acceptors (Lipinski definition) is 5. The number of carbonyl (C=O) groups is 1. The summed E-state index contributed by atoms with van der Waals surface area (Å²) in [6.07, 6.45) is 2.83. The first-order chi connectivity index (χ1) is 10.1. The fourth-order valence-corrected chi connectivity index (χ4v) is 2.20. The van der Waals surface area contributed by atoms with Crippen LogP contribution in [0.4, 0.5) is 5.95 Å². The minimum Gasteiger partial charge on any atom is -0.462 e. The van der Waals surface area contributed by atoms with Crippen LogP contribution in [-0.2, 0) is 11.3 Å². The van der Waals surface area contributed by atoms with E-state index in [2.05, 4.69) is 15.3 Å². The number of esters is 1. The Labute approximate surface area is 132 Å². The average Bonchev–Trinajstić information content (AvgIpc) is 2.45. The highest BCUT2D eigenvalue weighted by Crippen LogP contribution is 2.19. The Balaban J connectivity index is 1.99. The van der Waals surface area contributed by atoms with Gasteiger partial charge in [-0.1, -0.05) is 23.2 Å². The molecule has 0 fully saturated rings. The van der Waals surface area contributed by atoms with Crippen molar-refractivity contribution in [3.8, 4) is 0 Å². The minimum absolute atomic E-state index is 0.313. The maximum atomic E-state index is 11.5. The van der Waals surface area contributed by atoms with Crippen LogP contribution < -0.4 is 5.32 Å². The number of benzene rings is 1. The molecule has 0 aliphatic carbocycles. The van der Waals surface area contributed by atoms with Gasteiger partial charge in [0, 0.05) is 29.0 Å². The van der Waals surface area contributed by atoms with E-state index in [9.17, 15) is 4.79 Å². The van der Waals surface area contributed by atoms with Crippen LogP contribution >= 0.6 is 23.2 Å². The van der Waals surface area contributed by atoms with E-state index in [-0.39, 0.29) is 0 Å².